The Morgan fingerprint density at radius 1 is 1.40 bits per heavy atom. The summed E-state index contributed by atoms with van der Waals surface area (Å²) in [6.45, 7) is 4.47. The maximum atomic E-state index is 5.97. The van der Waals surface area contributed by atoms with E-state index in [4.69, 9.17) is 11.6 Å². The third-order valence-corrected chi connectivity index (χ3v) is 3.18. The zero-order valence-electron chi connectivity index (χ0n) is 9.21. The van der Waals surface area contributed by atoms with Crippen LogP contribution in [0.25, 0.3) is 0 Å². The molecule has 1 aromatic rings. The minimum atomic E-state index is 0.558. The summed E-state index contributed by atoms with van der Waals surface area (Å²) in [6, 6.07) is 2.12. The molecule has 0 radical (unpaired) electrons. The number of rotatable bonds is 5. The van der Waals surface area contributed by atoms with Crippen LogP contribution in [-0.2, 0) is 6.42 Å². The molecule has 1 nitrogen and oxygen atoms in total. The van der Waals surface area contributed by atoms with Gasteiger partial charge in [0.15, 0.2) is 0 Å². The van der Waals surface area contributed by atoms with Crippen LogP contribution in [0.4, 0.5) is 0 Å². The Morgan fingerprint density at radius 3 is 2.67 bits per heavy atom. The Balaban J connectivity index is 2.58. The van der Waals surface area contributed by atoms with Gasteiger partial charge in [-0.2, -0.15) is 0 Å². The van der Waals surface area contributed by atoms with Crippen molar-refractivity contribution in [2.75, 3.05) is 5.88 Å². The van der Waals surface area contributed by atoms with Gasteiger partial charge in [-0.1, -0.05) is 13.8 Å². The molecule has 1 atom stereocenters. The van der Waals surface area contributed by atoms with Gasteiger partial charge in [-0.05, 0) is 52.2 Å². The Kier molecular flexibility index (Phi) is 5.62. The molecule has 15 heavy (non-hydrogen) atoms. The van der Waals surface area contributed by atoms with Crippen molar-refractivity contribution in [2.45, 2.75) is 26.7 Å². The first-order valence-electron chi connectivity index (χ1n) is 5.27. The largest absolute Gasteiger partial charge is 0.263 e. The van der Waals surface area contributed by atoms with Crippen LogP contribution in [0.15, 0.2) is 22.9 Å². The van der Waals surface area contributed by atoms with Crippen molar-refractivity contribution in [1.82, 2.24) is 4.98 Å². The second-order valence-electron chi connectivity index (χ2n) is 4.37. The number of alkyl halides is 1. The molecule has 84 valence electrons. The molecule has 0 amide bonds. The van der Waals surface area contributed by atoms with Crippen molar-refractivity contribution in [3.8, 4) is 0 Å². The highest BCUT2D eigenvalue weighted by Crippen LogP contribution is 2.20. The van der Waals surface area contributed by atoms with Crippen LogP contribution in [0.1, 0.15) is 25.8 Å². The molecular formula is C12H17BrClN. The van der Waals surface area contributed by atoms with Crippen LogP contribution in [0, 0.1) is 11.8 Å². The topological polar surface area (TPSA) is 12.9 Å². The van der Waals surface area contributed by atoms with Crippen molar-refractivity contribution in [1.29, 1.82) is 0 Å². The Hall–Kier alpha value is -0.0800. The number of nitrogens with zero attached hydrogens (tertiary/aromatic N) is 1. The number of hydrogen-bond donors (Lipinski definition) is 0. The van der Waals surface area contributed by atoms with Crippen molar-refractivity contribution in [2.24, 2.45) is 11.8 Å². The molecule has 0 aliphatic carbocycles. The van der Waals surface area contributed by atoms with Crippen molar-refractivity contribution in [3.63, 3.8) is 0 Å². The average Bonchev–Trinajstić information content (AvgIpc) is 2.16. The number of aromatic nitrogens is 1. The highest BCUT2D eigenvalue weighted by atomic mass is 79.9. The van der Waals surface area contributed by atoms with Crippen molar-refractivity contribution >= 4 is 27.5 Å². The fourth-order valence-electron chi connectivity index (χ4n) is 1.77. The van der Waals surface area contributed by atoms with Crippen molar-refractivity contribution in [3.05, 3.63) is 28.5 Å². The van der Waals surface area contributed by atoms with Gasteiger partial charge >= 0.3 is 0 Å². The first kappa shape index (κ1) is 13.0. The molecular weight excluding hydrogens is 273 g/mol. The molecule has 1 unspecified atom stereocenters. The van der Waals surface area contributed by atoms with Gasteiger partial charge in [0.1, 0.15) is 0 Å². The molecule has 0 aromatic carbocycles. The summed E-state index contributed by atoms with van der Waals surface area (Å²) in [6.07, 6.45) is 5.93. The summed E-state index contributed by atoms with van der Waals surface area (Å²) in [5, 5.41) is 0. The molecule has 1 aromatic heterocycles. The Morgan fingerprint density at radius 2 is 2.13 bits per heavy atom. The monoisotopic (exact) mass is 289 g/mol. The molecule has 3 heteroatoms. The number of pyridine rings is 1. The van der Waals surface area contributed by atoms with E-state index in [1.807, 2.05) is 12.4 Å². The average molecular weight is 291 g/mol. The Bertz CT molecular complexity index is 301. The van der Waals surface area contributed by atoms with Gasteiger partial charge in [0.25, 0.3) is 0 Å². The fourth-order valence-corrected chi connectivity index (χ4v) is 2.42. The first-order valence-corrected chi connectivity index (χ1v) is 6.60. The predicted octanol–water partition coefficient (Wildman–Crippen LogP) is 4.29. The summed E-state index contributed by atoms with van der Waals surface area (Å²) in [4.78, 5) is 4.16. The Labute approximate surface area is 105 Å². The summed E-state index contributed by atoms with van der Waals surface area (Å²) in [5.41, 5.74) is 1.26. The molecule has 1 rings (SSSR count). The maximum Gasteiger partial charge on any atom is 0.0410 e. The van der Waals surface area contributed by atoms with Gasteiger partial charge < -0.3 is 0 Å². The van der Waals surface area contributed by atoms with E-state index in [9.17, 15) is 0 Å². The molecule has 0 saturated heterocycles. The number of hydrogen-bond acceptors (Lipinski definition) is 1. The second kappa shape index (κ2) is 6.49. The molecule has 0 saturated carbocycles. The summed E-state index contributed by atoms with van der Waals surface area (Å²) in [5.74, 6) is 1.99. The summed E-state index contributed by atoms with van der Waals surface area (Å²) >= 11 is 9.40. The van der Waals surface area contributed by atoms with Crippen molar-refractivity contribution < 1.29 is 0 Å². The molecule has 0 aliphatic heterocycles. The summed E-state index contributed by atoms with van der Waals surface area (Å²) in [7, 11) is 0. The first-order chi connectivity index (χ1) is 7.11. The maximum absolute atomic E-state index is 5.97. The zero-order chi connectivity index (χ0) is 11.3. The third-order valence-electron chi connectivity index (χ3n) is 2.31. The minimum absolute atomic E-state index is 0.558. The van der Waals surface area contributed by atoms with Gasteiger partial charge in [0.2, 0.25) is 0 Å². The second-order valence-corrected chi connectivity index (χ2v) is 5.59. The molecule has 0 spiro atoms. The van der Waals surface area contributed by atoms with Crippen LogP contribution in [-0.4, -0.2) is 10.9 Å². The summed E-state index contributed by atoms with van der Waals surface area (Å²) < 4.78 is 1.04. The smallest absolute Gasteiger partial charge is 0.0410 e. The quantitative estimate of drug-likeness (QED) is 0.737. The normalized spacial score (nSPS) is 13.1. The highest BCUT2D eigenvalue weighted by molar-refractivity contribution is 9.10. The fraction of sp³-hybridized carbons (Fsp3) is 0.583. The standard InChI is InChI=1S/C12H17BrClN/c1-9(2)3-10(6-14)4-11-5-12(13)8-15-7-11/h5,7-10H,3-4,6H2,1-2H3. The third kappa shape index (κ3) is 4.98. The van der Waals surface area contributed by atoms with Crippen LogP contribution >= 0.6 is 27.5 Å². The molecule has 0 N–H and O–H groups in total. The lowest BCUT2D eigenvalue weighted by Gasteiger charge is -2.15. The molecule has 0 fully saturated rings. The van der Waals surface area contributed by atoms with Crippen LogP contribution in [0.3, 0.4) is 0 Å². The van der Waals surface area contributed by atoms with Crippen LogP contribution < -0.4 is 0 Å². The van der Waals surface area contributed by atoms with Crippen LogP contribution in [0.5, 0.6) is 0 Å². The SMILES string of the molecule is CC(C)CC(CCl)Cc1cncc(Br)c1. The van der Waals surface area contributed by atoms with E-state index in [0.717, 1.165) is 16.8 Å². The molecule has 1 heterocycles. The van der Waals surface area contributed by atoms with E-state index in [-0.39, 0.29) is 0 Å². The van der Waals surface area contributed by atoms with Crippen LogP contribution in [0.2, 0.25) is 0 Å². The predicted molar refractivity (Wildman–Crippen MR) is 69.3 cm³/mol. The highest BCUT2D eigenvalue weighted by Gasteiger charge is 2.11. The molecule has 0 bridgehead atoms. The van der Waals surface area contributed by atoms with Gasteiger partial charge in [-0.3, -0.25) is 4.98 Å². The molecule has 0 aliphatic rings. The van der Waals surface area contributed by atoms with E-state index >= 15 is 0 Å². The van der Waals surface area contributed by atoms with E-state index in [2.05, 4.69) is 40.8 Å². The van der Waals surface area contributed by atoms with Gasteiger partial charge in [-0.15, -0.1) is 11.6 Å². The lowest BCUT2D eigenvalue weighted by molar-refractivity contribution is 0.441. The zero-order valence-corrected chi connectivity index (χ0v) is 11.6. The van der Waals surface area contributed by atoms with Gasteiger partial charge in [-0.25, -0.2) is 0 Å². The van der Waals surface area contributed by atoms with Gasteiger partial charge in [0, 0.05) is 22.7 Å². The van der Waals surface area contributed by atoms with E-state index in [1.165, 1.54) is 12.0 Å². The van der Waals surface area contributed by atoms with E-state index in [0.29, 0.717) is 11.8 Å². The lowest BCUT2D eigenvalue weighted by atomic mass is 9.93. The van der Waals surface area contributed by atoms with Gasteiger partial charge in [0.05, 0.1) is 0 Å². The minimum Gasteiger partial charge on any atom is -0.263 e. The lowest BCUT2D eigenvalue weighted by Crippen LogP contribution is -2.10. The van der Waals surface area contributed by atoms with E-state index in [1.54, 1.807) is 0 Å². The van der Waals surface area contributed by atoms with E-state index < -0.39 is 0 Å². The number of halogens is 2.